The minimum absolute atomic E-state index is 0.536. The average molecular weight is 323 g/mol. The molecule has 0 amide bonds. The Kier molecular flexibility index (Phi) is 3.86. The quantitative estimate of drug-likeness (QED) is 0.690. The van der Waals surface area contributed by atoms with Crippen LogP contribution in [0.4, 0.5) is 19.6 Å². The van der Waals surface area contributed by atoms with Gasteiger partial charge in [0.1, 0.15) is 0 Å². The van der Waals surface area contributed by atoms with Crippen LogP contribution in [0.2, 0.25) is 5.02 Å². The maximum atomic E-state index is 13.2. The van der Waals surface area contributed by atoms with Crippen LogP contribution >= 0.6 is 22.9 Å². The van der Waals surface area contributed by atoms with Gasteiger partial charge in [-0.1, -0.05) is 11.6 Å². The second-order valence-electron chi connectivity index (χ2n) is 4.30. The third-order valence-electron chi connectivity index (χ3n) is 2.82. The van der Waals surface area contributed by atoms with E-state index >= 15 is 0 Å². The van der Waals surface area contributed by atoms with Gasteiger partial charge >= 0.3 is 0 Å². The lowest BCUT2D eigenvalue weighted by Gasteiger charge is -2.02. The fourth-order valence-electron chi connectivity index (χ4n) is 1.78. The predicted molar refractivity (Wildman–Crippen MR) is 82.2 cm³/mol. The van der Waals surface area contributed by atoms with Crippen LogP contribution in [0.5, 0.6) is 0 Å². The summed E-state index contributed by atoms with van der Waals surface area (Å²) in [6, 6.07) is 10.9. The van der Waals surface area contributed by atoms with Gasteiger partial charge in [0, 0.05) is 21.7 Å². The van der Waals surface area contributed by atoms with Gasteiger partial charge < -0.3 is 5.32 Å². The Balaban J connectivity index is 1.82. The molecule has 0 bridgehead atoms. The van der Waals surface area contributed by atoms with E-state index < -0.39 is 11.6 Å². The summed E-state index contributed by atoms with van der Waals surface area (Å²) in [4.78, 5) is 4.35. The van der Waals surface area contributed by atoms with Crippen molar-refractivity contribution in [1.29, 1.82) is 0 Å². The number of nitrogens with zero attached hydrogens (tertiary/aromatic N) is 1. The first-order valence-electron chi connectivity index (χ1n) is 6.05. The van der Waals surface area contributed by atoms with Crippen LogP contribution in [0.1, 0.15) is 0 Å². The van der Waals surface area contributed by atoms with Gasteiger partial charge in [0.05, 0.1) is 5.69 Å². The lowest BCUT2D eigenvalue weighted by atomic mass is 10.2. The highest BCUT2D eigenvalue weighted by molar-refractivity contribution is 7.14. The first-order valence-corrected chi connectivity index (χ1v) is 7.31. The molecule has 0 radical (unpaired) electrons. The smallest absolute Gasteiger partial charge is 0.187 e. The van der Waals surface area contributed by atoms with Crippen molar-refractivity contribution in [3.63, 3.8) is 0 Å². The minimum atomic E-state index is -0.882. The zero-order valence-electron chi connectivity index (χ0n) is 10.6. The number of aromatic nitrogens is 1. The van der Waals surface area contributed by atoms with E-state index in [4.69, 9.17) is 11.6 Å². The molecule has 0 aliphatic heterocycles. The topological polar surface area (TPSA) is 24.9 Å². The summed E-state index contributed by atoms with van der Waals surface area (Å²) in [5.41, 5.74) is 1.98. The Labute approximate surface area is 129 Å². The molecule has 2 nitrogen and oxygen atoms in total. The van der Waals surface area contributed by atoms with Crippen LogP contribution in [0, 0.1) is 11.6 Å². The Morgan fingerprint density at radius 2 is 1.76 bits per heavy atom. The molecule has 0 unspecified atom stereocenters. The number of halogens is 3. The Morgan fingerprint density at radius 3 is 2.48 bits per heavy atom. The number of benzene rings is 2. The summed E-state index contributed by atoms with van der Waals surface area (Å²) in [5, 5.41) is 6.23. The lowest BCUT2D eigenvalue weighted by molar-refractivity contribution is 0.509. The van der Waals surface area contributed by atoms with Crippen molar-refractivity contribution in [2.24, 2.45) is 0 Å². The van der Waals surface area contributed by atoms with Crippen LogP contribution in [-0.4, -0.2) is 4.98 Å². The highest BCUT2D eigenvalue weighted by Crippen LogP contribution is 2.28. The zero-order chi connectivity index (χ0) is 14.8. The van der Waals surface area contributed by atoms with Gasteiger partial charge in [-0.15, -0.1) is 11.3 Å². The highest BCUT2D eigenvalue weighted by Gasteiger charge is 2.08. The van der Waals surface area contributed by atoms with Crippen LogP contribution in [-0.2, 0) is 0 Å². The minimum Gasteiger partial charge on any atom is -0.332 e. The molecule has 106 valence electrons. The third kappa shape index (κ3) is 3.20. The van der Waals surface area contributed by atoms with E-state index in [1.54, 1.807) is 17.5 Å². The number of anilines is 2. The van der Waals surface area contributed by atoms with E-state index in [9.17, 15) is 8.78 Å². The van der Waals surface area contributed by atoms with Crippen LogP contribution < -0.4 is 5.32 Å². The summed E-state index contributed by atoms with van der Waals surface area (Å²) in [6.45, 7) is 0. The average Bonchev–Trinajstić information content (AvgIpc) is 2.93. The third-order valence-corrected chi connectivity index (χ3v) is 3.82. The van der Waals surface area contributed by atoms with Gasteiger partial charge in [0.25, 0.3) is 0 Å². The van der Waals surface area contributed by atoms with Crippen molar-refractivity contribution in [3.05, 3.63) is 64.5 Å². The maximum absolute atomic E-state index is 13.2. The summed E-state index contributed by atoms with van der Waals surface area (Å²) >= 11 is 7.20. The summed E-state index contributed by atoms with van der Waals surface area (Å²) in [5.74, 6) is -1.75. The fraction of sp³-hybridized carbons (Fsp3) is 0. The monoisotopic (exact) mass is 322 g/mol. The molecule has 0 atom stereocenters. The number of thiazole rings is 1. The van der Waals surface area contributed by atoms with E-state index in [1.165, 1.54) is 17.4 Å². The van der Waals surface area contributed by atoms with Crippen molar-refractivity contribution < 1.29 is 8.78 Å². The number of hydrogen-bond donors (Lipinski definition) is 1. The number of rotatable bonds is 3. The predicted octanol–water partition coefficient (Wildman–Crippen LogP) is 5.49. The van der Waals surface area contributed by atoms with Crippen molar-refractivity contribution in [2.45, 2.75) is 0 Å². The fourth-order valence-corrected chi connectivity index (χ4v) is 2.64. The molecule has 0 saturated heterocycles. The molecule has 2 aromatic carbocycles. The second-order valence-corrected chi connectivity index (χ2v) is 5.59. The van der Waals surface area contributed by atoms with Crippen LogP contribution in [0.3, 0.4) is 0 Å². The molecule has 21 heavy (non-hydrogen) atoms. The van der Waals surface area contributed by atoms with Crippen molar-refractivity contribution >= 4 is 33.8 Å². The maximum Gasteiger partial charge on any atom is 0.187 e. The molecule has 0 fully saturated rings. The Bertz CT molecular complexity index is 772. The van der Waals surface area contributed by atoms with E-state index in [0.29, 0.717) is 21.4 Å². The molecule has 1 aromatic heterocycles. The largest absolute Gasteiger partial charge is 0.332 e. The first kappa shape index (κ1) is 14.0. The molecule has 6 heteroatoms. The second kappa shape index (κ2) is 5.79. The van der Waals surface area contributed by atoms with Gasteiger partial charge in [0.2, 0.25) is 0 Å². The molecule has 0 spiro atoms. The Hall–Kier alpha value is -1.98. The normalized spacial score (nSPS) is 10.6. The van der Waals surface area contributed by atoms with Gasteiger partial charge in [0.15, 0.2) is 16.8 Å². The van der Waals surface area contributed by atoms with E-state index in [2.05, 4.69) is 10.3 Å². The summed E-state index contributed by atoms with van der Waals surface area (Å²) in [6.07, 6.45) is 0. The molecule has 0 aliphatic carbocycles. The SMILES string of the molecule is Fc1ccc(-c2csc(Nc3ccc(Cl)cc3)n2)cc1F. The molecule has 1 N–H and O–H groups in total. The van der Waals surface area contributed by atoms with Gasteiger partial charge in [-0.05, 0) is 42.5 Å². The van der Waals surface area contributed by atoms with Crippen LogP contribution in [0.15, 0.2) is 47.8 Å². The zero-order valence-corrected chi connectivity index (χ0v) is 12.2. The highest BCUT2D eigenvalue weighted by atomic mass is 35.5. The number of nitrogens with one attached hydrogen (secondary N) is 1. The lowest BCUT2D eigenvalue weighted by Crippen LogP contribution is -1.89. The standard InChI is InChI=1S/C15H9ClF2N2S/c16-10-2-4-11(5-3-10)19-15-20-14(8-21-15)9-1-6-12(17)13(18)7-9/h1-8H,(H,19,20). The van der Waals surface area contributed by atoms with Gasteiger partial charge in [-0.2, -0.15) is 0 Å². The number of hydrogen-bond acceptors (Lipinski definition) is 3. The first-order chi connectivity index (χ1) is 10.1. The molecule has 1 heterocycles. The van der Waals surface area contributed by atoms with E-state index in [1.807, 2.05) is 12.1 Å². The van der Waals surface area contributed by atoms with Crippen molar-refractivity contribution in [2.75, 3.05) is 5.32 Å². The van der Waals surface area contributed by atoms with E-state index in [0.717, 1.165) is 17.8 Å². The summed E-state index contributed by atoms with van der Waals surface area (Å²) < 4.78 is 26.2. The molecule has 3 aromatic rings. The molecule has 0 saturated carbocycles. The molecule has 0 aliphatic rings. The van der Waals surface area contributed by atoms with Gasteiger partial charge in [-0.3, -0.25) is 0 Å². The summed E-state index contributed by atoms with van der Waals surface area (Å²) in [7, 11) is 0. The molecular weight excluding hydrogens is 314 g/mol. The van der Waals surface area contributed by atoms with Gasteiger partial charge in [-0.25, -0.2) is 13.8 Å². The molecular formula is C15H9ClF2N2S. The van der Waals surface area contributed by atoms with Crippen LogP contribution in [0.25, 0.3) is 11.3 Å². The van der Waals surface area contributed by atoms with Crippen molar-refractivity contribution in [1.82, 2.24) is 4.98 Å². The van der Waals surface area contributed by atoms with Crippen molar-refractivity contribution in [3.8, 4) is 11.3 Å². The Morgan fingerprint density at radius 1 is 1.00 bits per heavy atom. The van der Waals surface area contributed by atoms with E-state index in [-0.39, 0.29) is 0 Å². The molecule has 3 rings (SSSR count).